The van der Waals surface area contributed by atoms with E-state index in [1.165, 1.54) is 16.1 Å². The maximum atomic E-state index is 12.8. The summed E-state index contributed by atoms with van der Waals surface area (Å²) in [4.78, 5) is 15.7. The lowest BCUT2D eigenvalue weighted by molar-refractivity contribution is -0.113. The summed E-state index contributed by atoms with van der Waals surface area (Å²) in [5.74, 6) is 0.916. The van der Waals surface area contributed by atoms with E-state index in [1.54, 1.807) is 24.3 Å². The van der Waals surface area contributed by atoms with Crippen molar-refractivity contribution in [3.8, 4) is 5.75 Å². The Morgan fingerprint density at radius 1 is 1.00 bits per heavy atom. The zero-order valence-electron chi connectivity index (χ0n) is 17.9. The van der Waals surface area contributed by atoms with Gasteiger partial charge in [-0.1, -0.05) is 6.92 Å². The van der Waals surface area contributed by atoms with Crippen LogP contribution in [0.25, 0.3) is 0 Å². The van der Waals surface area contributed by atoms with Crippen LogP contribution in [0.4, 0.5) is 5.69 Å². The van der Waals surface area contributed by atoms with Gasteiger partial charge < -0.3 is 15.0 Å². The van der Waals surface area contributed by atoms with E-state index in [0.717, 1.165) is 30.3 Å². The fourth-order valence-electron chi connectivity index (χ4n) is 3.29. The summed E-state index contributed by atoms with van der Waals surface area (Å²) in [7, 11) is -3.51. The molecule has 168 valence electrons. The molecule has 0 aliphatic carbocycles. The van der Waals surface area contributed by atoms with Gasteiger partial charge >= 0.3 is 0 Å². The largest absolute Gasteiger partial charge is 0.494 e. The Hall–Kier alpha value is -2.07. The summed E-state index contributed by atoms with van der Waals surface area (Å²) >= 11 is 1.43. The maximum Gasteiger partial charge on any atom is 0.243 e. The molecule has 3 rings (SSSR count). The summed E-state index contributed by atoms with van der Waals surface area (Å²) in [6.45, 7) is 8.04. The lowest BCUT2D eigenvalue weighted by atomic mass is 10.3. The van der Waals surface area contributed by atoms with Crippen LogP contribution in [-0.2, 0) is 14.8 Å². The highest BCUT2D eigenvalue weighted by Gasteiger charge is 2.27. The van der Waals surface area contributed by atoms with Gasteiger partial charge in [0.2, 0.25) is 15.9 Å². The van der Waals surface area contributed by atoms with E-state index in [1.807, 2.05) is 31.2 Å². The maximum absolute atomic E-state index is 12.8. The van der Waals surface area contributed by atoms with Gasteiger partial charge in [0.1, 0.15) is 5.75 Å². The summed E-state index contributed by atoms with van der Waals surface area (Å²) < 4.78 is 32.6. The molecular weight excluding hydrogens is 434 g/mol. The number of rotatable bonds is 9. The number of sulfonamides is 1. The lowest BCUT2D eigenvalue weighted by Crippen LogP contribution is -2.48. The number of thioether (sulfide) groups is 1. The number of ether oxygens (including phenoxy) is 1. The van der Waals surface area contributed by atoms with Crippen LogP contribution in [0.3, 0.4) is 0 Å². The number of hydrogen-bond acceptors (Lipinski definition) is 6. The van der Waals surface area contributed by atoms with E-state index in [2.05, 4.69) is 17.1 Å². The first kappa shape index (κ1) is 23.6. The molecule has 9 heteroatoms. The van der Waals surface area contributed by atoms with Crippen LogP contribution in [0.1, 0.15) is 13.8 Å². The molecule has 1 aliphatic rings. The van der Waals surface area contributed by atoms with Crippen molar-refractivity contribution in [2.45, 2.75) is 23.6 Å². The number of anilines is 1. The first-order chi connectivity index (χ1) is 14.9. The molecule has 2 aromatic rings. The molecule has 1 N–H and O–H groups in total. The molecule has 1 amide bonds. The second-order valence-electron chi connectivity index (χ2n) is 7.10. The van der Waals surface area contributed by atoms with Crippen LogP contribution in [0.2, 0.25) is 0 Å². The Labute approximate surface area is 188 Å². The quantitative estimate of drug-likeness (QED) is 0.576. The second kappa shape index (κ2) is 11.0. The standard InChI is InChI=1S/C22H29N3O4S2/c1-3-24-13-15-25(16-14-24)31(27,28)21-11-5-18(6-12-21)23-22(26)17-30-20-9-7-19(8-10-20)29-4-2/h5-12H,3-4,13-17H2,1-2H3,(H,23,26). The average molecular weight is 464 g/mol. The number of amides is 1. The summed E-state index contributed by atoms with van der Waals surface area (Å²) in [6, 6.07) is 14.0. The van der Waals surface area contributed by atoms with Gasteiger partial charge in [0.05, 0.1) is 17.3 Å². The predicted octanol–water partition coefficient (Wildman–Crippen LogP) is 3.14. The van der Waals surface area contributed by atoms with E-state index in [-0.39, 0.29) is 16.6 Å². The van der Waals surface area contributed by atoms with E-state index in [4.69, 9.17) is 4.74 Å². The molecule has 0 spiro atoms. The van der Waals surface area contributed by atoms with Crippen LogP contribution in [0, 0.1) is 0 Å². The molecule has 1 aliphatic heterocycles. The number of benzene rings is 2. The van der Waals surface area contributed by atoms with Crippen LogP contribution < -0.4 is 10.1 Å². The van der Waals surface area contributed by atoms with E-state index >= 15 is 0 Å². The molecule has 0 saturated carbocycles. The van der Waals surface area contributed by atoms with Crippen LogP contribution in [0.15, 0.2) is 58.3 Å². The van der Waals surface area contributed by atoms with Crippen molar-refractivity contribution in [3.05, 3.63) is 48.5 Å². The molecular formula is C22H29N3O4S2. The van der Waals surface area contributed by atoms with E-state index < -0.39 is 10.0 Å². The van der Waals surface area contributed by atoms with E-state index in [9.17, 15) is 13.2 Å². The summed E-state index contributed by atoms with van der Waals surface area (Å²) in [5, 5.41) is 2.82. The minimum absolute atomic E-state index is 0.148. The molecule has 0 aromatic heterocycles. The minimum Gasteiger partial charge on any atom is -0.494 e. The molecule has 1 heterocycles. The second-order valence-corrected chi connectivity index (χ2v) is 10.1. The Kier molecular flexibility index (Phi) is 8.36. The first-order valence-corrected chi connectivity index (χ1v) is 12.8. The number of nitrogens with zero attached hydrogens (tertiary/aromatic N) is 2. The molecule has 0 atom stereocenters. The topological polar surface area (TPSA) is 78.9 Å². The van der Waals surface area contributed by atoms with E-state index in [0.29, 0.717) is 25.4 Å². The number of carbonyl (C=O) groups is 1. The molecule has 7 nitrogen and oxygen atoms in total. The molecule has 1 fully saturated rings. The predicted molar refractivity (Wildman–Crippen MR) is 124 cm³/mol. The SMILES string of the molecule is CCOc1ccc(SCC(=O)Nc2ccc(S(=O)(=O)N3CCN(CC)CC3)cc2)cc1. The van der Waals surface area contributed by atoms with Crippen molar-refractivity contribution >= 4 is 33.4 Å². The number of piperazine rings is 1. The van der Waals surface area contributed by atoms with Gasteiger partial charge in [-0.25, -0.2) is 8.42 Å². The van der Waals surface area contributed by atoms with Crippen molar-refractivity contribution in [2.75, 3.05) is 50.4 Å². The van der Waals surface area contributed by atoms with Crippen molar-refractivity contribution in [3.63, 3.8) is 0 Å². The highest BCUT2D eigenvalue weighted by atomic mass is 32.2. The first-order valence-electron chi connectivity index (χ1n) is 10.4. The Morgan fingerprint density at radius 2 is 1.65 bits per heavy atom. The normalized spacial score (nSPS) is 15.5. The molecule has 0 radical (unpaired) electrons. The van der Waals surface area contributed by atoms with Crippen LogP contribution in [0.5, 0.6) is 5.75 Å². The molecule has 31 heavy (non-hydrogen) atoms. The summed E-state index contributed by atoms with van der Waals surface area (Å²) in [6.07, 6.45) is 0. The Balaban J connectivity index is 1.52. The van der Waals surface area contributed by atoms with Gasteiger partial charge in [0.25, 0.3) is 0 Å². The zero-order chi connectivity index (χ0) is 22.3. The number of hydrogen-bond donors (Lipinski definition) is 1. The van der Waals surface area contributed by atoms with Crippen molar-refractivity contribution in [1.29, 1.82) is 0 Å². The van der Waals surface area contributed by atoms with Crippen LogP contribution in [-0.4, -0.2) is 68.6 Å². The van der Waals surface area contributed by atoms with Crippen LogP contribution >= 0.6 is 11.8 Å². The third-order valence-electron chi connectivity index (χ3n) is 5.06. The highest BCUT2D eigenvalue weighted by molar-refractivity contribution is 8.00. The lowest BCUT2D eigenvalue weighted by Gasteiger charge is -2.33. The fourth-order valence-corrected chi connectivity index (χ4v) is 5.41. The minimum atomic E-state index is -3.51. The third-order valence-corrected chi connectivity index (χ3v) is 7.98. The van der Waals surface area contributed by atoms with Gasteiger partial charge in [0, 0.05) is 36.8 Å². The molecule has 2 aromatic carbocycles. The molecule has 0 unspecified atom stereocenters. The zero-order valence-corrected chi connectivity index (χ0v) is 19.5. The summed E-state index contributed by atoms with van der Waals surface area (Å²) in [5.41, 5.74) is 0.576. The number of likely N-dealkylation sites (N-methyl/N-ethyl adjacent to an activating group) is 1. The Bertz CT molecular complexity index is 955. The smallest absolute Gasteiger partial charge is 0.243 e. The Morgan fingerprint density at radius 3 is 2.23 bits per heavy atom. The number of carbonyl (C=O) groups excluding carboxylic acids is 1. The van der Waals surface area contributed by atoms with Crippen molar-refractivity contribution in [2.24, 2.45) is 0 Å². The van der Waals surface area contributed by atoms with Gasteiger partial charge in [-0.3, -0.25) is 4.79 Å². The molecule has 1 saturated heterocycles. The van der Waals surface area contributed by atoms with Gasteiger partial charge in [0.15, 0.2) is 0 Å². The van der Waals surface area contributed by atoms with Gasteiger partial charge in [-0.2, -0.15) is 4.31 Å². The van der Waals surface area contributed by atoms with Crippen molar-refractivity contribution < 1.29 is 17.9 Å². The average Bonchev–Trinajstić information content (AvgIpc) is 2.79. The van der Waals surface area contributed by atoms with Crippen molar-refractivity contribution in [1.82, 2.24) is 9.21 Å². The van der Waals surface area contributed by atoms with Gasteiger partial charge in [-0.05, 0) is 62.0 Å². The fraction of sp³-hybridized carbons (Fsp3) is 0.409. The van der Waals surface area contributed by atoms with Gasteiger partial charge in [-0.15, -0.1) is 11.8 Å². The number of nitrogens with one attached hydrogen (secondary N) is 1. The monoisotopic (exact) mass is 463 g/mol. The highest BCUT2D eigenvalue weighted by Crippen LogP contribution is 2.23. The molecule has 0 bridgehead atoms. The third kappa shape index (κ3) is 6.46.